The molecule has 2 heteroatoms. The number of hydrogen-bond acceptors (Lipinski definition) is 2. The number of hydrogen-bond donors (Lipinski definition) is 2. The van der Waals surface area contributed by atoms with Crippen LogP contribution >= 0.6 is 0 Å². The molecular weight excluding hydrogens is 162 g/mol. The molecule has 0 aromatic heterocycles. The van der Waals surface area contributed by atoms with Gasteiger partial charge >= 0.3 is 0 Å². The number of nitrogens with two attached hydrogens (primary N) is 1. The third-order valence-electron chi connectivity index (χ3n) is 2.11. The van der Waals surface area contributed by atoms with Crippen LogP contribution in [0.4, 0.5) is 0 Å². The van der Waals surface area contributed by atoms with Crippen molar-refractivity contribution in [3.8, 4) is 0 Å². The average Bonchev–Trinajstić information content (AvgIpc) is 2.03. The lowest BCUT2D eigenvalue weighted by Gasteiger charge is -2.20. The van der Waals surface area contributed by atoms with Gasteiger partial charge < -0.3 is 10.8 Å². The molecule has 0 aliphatic heterocycles. The van der Waals surface area contributed by atoms with Crippen LogP contribution in [0.15, 0.2) is 24.3 Å². The van der Waals surface area contributed by atoms with Gasteiger partial charge in [0.1, 0.15) is 0 Å². The van der Waals surface area contributed by atoms with Crippen molar-refractivity contribution in [1.29, 1.82) is 0 Å². The normalized spacial score (nSPS) is 15.4. The van der Waals surface area contributed by atoms with Crippen molar-refractivity contribution in [3.63, 3.8) is 0 Å². The molecule has 1 rings (SSSR count). The fourth-order valence-corrected chi connectivity index (χ4v) is 1.33. The van der Waals surface area contributed by atoms with E-state index in [4.69, 9.17) is 5.73 Å². The van der Waals surface area contributed by atoms with Crippen LogP contribution in [0.3, 0.4) is 0 Å². The third-order valence-corrected chi connectivity index (χ3v) is 2.11. The maximum Gasteiger partial charge on any atom is 0.0781 e. The van der Waals surface area contributed by atoms with Crippen LogP contribution in [0.1, 0.15) is 18.1 Å². The molecule has 2 nitrogen and oxygen atoms in total. The molecule has 1 atom stereocenters. The predicted molar refractivity (Wildman–Crippen MR) is 54.6 cm³/mol. The van der Waals surface area contributed by atoms with Crippen molar-refractivity contribution in [2.45, 2.75) is 25.9 Å². The van der Waals surface area contributed by atoms with Gasteiger partial charge in [0, 0.05) is 13.0 Å². The number of rotatable bonds is 3. The fraction of sp³-hybridized carbons (Fsp3) is 0.455. The van der Waals surface area contributed by atoms with Gasteiger partial charge in [-0.3, -0.25) is 0 Å². The second-order valence-corrected chi connectivity index (χ2v) is 3.87. The van der Waals surface area contributed by atoms with Crippen LogP contribution in [-0.4, -0.2) is 17.3 Å². The number of aliphatic hydroxyl groups is 1. The van der Waals surface area contributed by atoms with Crippen molar-refractivity contribution in [3.05, 3.63) is 35.4 Å². The Kier molecular flexibility index (Phi) is 3.07. The first-order valence-electron chi connectivity index (χ1n) is 4.51. The molecule has 1 aromatic carbocycles. The van der Waals surface area contributed by atoms with Crippen molar-refractivity contribution in [1.82, 2.24) is 0 Å². The van der Waals surface area contributed by atoms with E-state index in [2.05, 4.69) is 6.07 Å². The molecule has 0 radical (unpaired) electrons. The summed E-state index contributed by atoms with van der Waals surface area (Å²) in [7, 11) is 0. The molecule has 0 saturated carbocycles. The van der Waals surface area contributed by atoms with E-state index < -0.39 is 5.60 Å². The van der Waals surface area contributed by atoms with Gasteiger partial charge in [0.15, 0.2) is 0 Å². The zero-order valence-corrected chi connectivity index (χ0v) is 8.25. The van der Waals surface area contributed by atoms with Crippen molar-refractivity contribution in [2.24, 2.45) is 5.73 Å². The molecule has 0 amide bonds. The number of benzene rings is 1. The Morgan fingerprint density at radius 1 is 1.46 bits per heavy atom. The highest BCUT2D eigenvalue weighted by atomic mass is 16.3. The second-order valence-electron chi connectivity index (χ2n) is 3.87. The summed E-state index contributed by atoms with van der Waals surface area (Å²) in [4.78, 5) is 0. The Bertz CT molecular complexity index is 281. The first-order valence-corrected chi connectivity index (χ1v) is 4.51. The summed E-state index contributed by atoms with van der Waals surface area (Å²) in [5, 5.41) is 9.74. The van der Waals surface area contributed by atoms with Crippen LogP contribution in [0.25, 0.3) is 0 Å². The smallest absolute Gasteiger partial charge is 0.0781 e. The largest absolute Gasteiger partial charge is 0.389 e. The molecule has 0 aliphatic carbocycles. The second kappa shape index (κ2) is 3.90. The van der Waals surface area contributed by atoms with E-state index in [0.717, 1.165) is 5.56 Å². The molecule has 0 spiro atoms. The molecule has 0 aliphatic rings. The topological polar surface area (TPSA) is 46.2 Å². The summed E-state index contributed by atoms with van der Waals surface area (Å²) in [5.41, 5.74) is 7.01. The van der Waals surface area contributed by atoms with Crippen molar-refractivity contribution >= 4 is 0 Å². The van der Waals surface area contributed by atoms with E-state index in [9.17, 15) is 5.11 Å². The quantitative estimate of drug-likeness (QED) is 0.733. The van der Waals surface area contributed by atoms with Gasteiger partial charge in [0.05, 0.1) is 5.60 Å². The summed E-state index contributed by atoms with van der Waals surface area (Å²) >= 11 is 0. The summed E-state index contributed by atoms with van der Waals surface area (Å²) in [5.74, 6) is 0. The molecule has 13 heavy (non-hydrogen) atoms. The number of aryl methyl sites for hydroxylation is 1. The van der Waals surface area contributed by atoms with Crippen LogP contribution in [0.5, 0.6) is 0 Å². The average molecular weight is 179 g/mol. The fourth-order valence-electron chi connectivity index (χ4n) is 1.33. The van der Waals surface area contributed by atoms with E-state index in [-0.39, 0.29) is 0 Å². The first kappa shape index (κ1) is 10.2. The SMILES string of the molecule is Cc1cccc(CC(C)(O)CN)c1. The van der Waals surface area contributed by atoms with Gasteiger partial charge in [0.25, 0.3) is 0 Å². The molecule has 0 bridgehead atoms. The molecule has 0 heterocycles. The molecule has 0 fully saturated rings. The molecule has 0 saturated heterocycles. The van der Waals surface area contributed by atoms with Crippen molar-refractivity contribution in [2.75, 3.05) is 6.54 Å². The highest BCUT2D eigenvalue weighted by molar-refractivity contribution is 5.23. The van der Waals surface area contributed by atoms with E-state index in [1.807, 2.05) is 25.1 Å². The Hall–Kier alpha value is -0.860. The summed E-state index contributed by atoms with van der Waals surface area (Å²) < 4.78 is 0. The molecule has 72 valence electrons. The predicted octanol–water partition coefficient (Wildman–Crippen LogP) is 1.25. The van der Waals surface area contributed by atoms with Crippen LogP contribution in [0, 0.1) is 6.92 Å². The van der Waals surface area contributed by atoms with Gasteiger partial charge in [-0.1, -0.05) is 29.8 Å². The molecule has 3 N–H and O–H groups in total. The first-order chi connectivity index (χ1) is 6.03. The molecule has 1 aromatic rings. The minimum absolute atomic E-state index is 0.293. The van der Waals surface area contributed by atoms with Gasteiger partial charge in [-0.2, -0.15) is 0 Å². The third kappa shape index (κ3) is 3.17. The Labute approximate surface area is 79.4 Å². The summed E-state index contributed by atoms with van der Waals surface area (Å²) in [6.45, 7) is 4.09. The van der Waals surface area contributed by atoms with Crippen LogP contribution in [-0.2, 0) is 6.42 Å². The Balaban J connectivity index is 2.74. The van der Waals surface area contributed by atoms with Crippen LogP contribution in [0.2, 0.25) is 0 Å². The minimum atomic E-state index is -0.784. The molecule has 1 unspecified atom stereocenters. The summed E-state index contributed by atoms with van der Waals surface area (Å²) in [6, 6.07) is 8.12. The van der Waals surface area contributed by atoms with E-state index in [1.165, 1.54) is 5.56 Å². The lowest BCUT2D eigenvalue weighted by Crippen LogP contribution is -2.36. The van der Waals surface area contributed by atoms with Gasteiger partial charge in [-0.05, 0) is 19.4 Å². The monoisotopic (exact) mass is 179 g/mol. The standard InChI is InChI=1S/C11H17NO/c1-9-4-3-5-10(6-9)7-11(2,13)8-12/h3-6,13H,7-8,12H2,1-2H3. The lowest BCUT2D eigenvalue weighted by atomic mass is 9.96. The summed E-state index contributed by atoms with van der Waals surface area (Å²) in [6.07, 6.45) is 0.616. The van der Waals surface area contributed by atoms with E-state index >= 15 is 0 Å². The van der Waals surface area contributed by atoms with Gasteiger partial charge in [-0.25, -0.2) is 0 Å². The highest BCUT2D eigenvalue weighted by Gasteiger charge is 2.18. The zero-order valence-electron chi connectivity index (χ0n) is 8.25. The van der Waals surface area contributed by atoms with E-state index in [0.29, 0.717) is 13.0 Å². The highest BCUT2D eigenvalue weighted by Crippen LogP contribution is 2.12. The zero-order chi connectivity index (χ0) is 9.90. The Morgan fingerprint density at radius 3 is 2.69 bits per heavy atom. The molecular formula is C11H17NO. The van der Waals surface area contributed by atoms with Crippen LogP contribution < -0.4 is 5.73 Å². The minimum Gasteiger partial charge on any atom is -0.389 e. The maximum absolute atomic E-state index is 9.74. The lowest BCUT2D eigenvalue weighted by molar-refractivity contribution is 0.0696. The Morgan fingerprint density at radius 2 is 2.15 bits per heavy atom. The van der Waals surface area contributed by atoms with Gasteiger partial charge in [0.2, 0.25) is 0 Å². The van der Waals surface area contributed by atoms with Crippen molar-refractivity contribution < 1.29 is 5.11 Å². The maximum atomic E-state index is 9.74. The van der Waals surface area contributed by atoms with Gasteiger partial charge in [-0.15, -0.1) is 0 Å². The van der Waals surface area contributed by atoms with E-state index in [1.54, 1.807) is 6.92 Å².